The van der Waals surface area contributed by atoms with E-state index in [2.05, 4.69) is 62.5 Å². The molecule has 0 aromatic carbocycles. The average Bonchev–Trinajstić information content (AvgIpc) is 3.55. The van der Waals surface area contributed by atoms with Gasteiger partial charge in [-0.3, -0.25) is 9.59 Å². The molecule has 0 saturated heterocycles. The molecule has 9 nitrogen and oxygen atoms in total. The molecule has 0 bridgehead atoms. The quantitative estimate of drug-likeness (QED) is 0.0195. The second kappa shape index (κ2) is 66.2. The van der Waals surface area contributed by atoms with Crippen LogP contribution in [0.4, 0.5) is 0 Å². The first-order valence-electron chi connectivity index (χ1n) is 36.3. The Hall–Kier alpha value is -2.75. The van der Waals surface area contributed by atoms with Gasteiger partial charge in [-0.1, -0.05) is 339 Å². The Bertz CT molecular complexity index is 1520. The summed E-state index contributed by atoms with van der Waals surface area (Å²) in [6.45, 7) is 4.71. The van der Waals surface area contributed by atoms with E-state index in [-0.39, 0.29) is 32.2 Å². The summed E-state index contributed by atoms with van der Waals surface area (Å²) in [5.74, 6) is -2.25. The number of carboxylic acids is 1. The zero-order chi connectivity index (χ0) is 61.2. The van der Waals surface area contributed by atoms with Crippen molar-refractivity contribution in [2.75, 3.05) is 47.5 Å². The fraction of sp³-hybridized carbons (Fsp3) is 0.853. The minimum absolute atomic E-state index is 0.151. The van der Waals surface area contributed by atoms with Gasteiger partial charge in [0.25, 0.3) is 0 Å². The van der Waals surface area contributed by atoms with Crippen molar-refractivity contribution < 1.29 is 42.9 Å². The summed E-state index contributed by atoms with van der Waals surface area (Å²) in [6.07, 6.45) is 82.1. The predicted molar refractivity (Wildman–Crippen MR) is 357 cm³/mol. The van der Waals surface area contributed by atoms with E-state index in [0.29, 0.717) is 17.4 Å². The number of carbonyl (C=O) groups is 3. The van der Waals surface area contributed by atoms with Gasteiger partial charge in [0.05, 0.1) is 40.3 Å². The van der Waals surface area contributed by atoms with Gasteiger partial charge in [-0.2, -0.15) is 0 Å². The summed E-state index contributed by atoms with van der Waals surface area (Å²) in [7, 11) is 5.95. The first-order chi connectivity index (χ1) is 41.1. The van der Waals surface area contributed by atoms with Crippen LogP contribution < -0.4 is 5.11 Å². The molecule has 0 aromatic rings. The van der Waals surface area contributed by atoms with Gasteiger partial charge in [0, 0.05) is 12.8 Å². The van der Waals surface area contributed by atoms with Crippen LogP contribution in [0.5, 0.6) is 0 Å². The third-order valence-corrected chi connectivity index (χ3v) is 16.3. The molecular weight excluding hydrogens is 1040 g/mol. The molecule has 492 valence electrons. The Labute approximate surface area is 521 Å². The van der Waals surface area contributed by atoms with E-state index < -0.39 is 24.3 Å². The highest BCUT2D eigenvalue weighted by Gasteiger charge is 2.22. The fourth-order valence-corrected chi connectivity index (χ4v) is 10.8. The topological polar surface area (TPSA) is 111 Å². The summed E-state index contributed by atoms with van der Waals surface area (Å²) in [5, 5.41) is 11.8. The lowest BCUT2D eigenvalue weighted by Crippen LogP contribution is -2.44. The van der Waals surface area contributed by atoms with Crippen LogP contribution in [-0.2, 0) is 33.3 Å². The van der Waals surface area contributed by atoms with Crippen molar-refractivity contribution in [1.29, 1.82) is 0 Å². The molecule has 0 heterocycles. The predicted octanol–water partition coefficient (Wildman–Crippen LogP) is 21.2. The van der Waals surface area contributed by atoms with Crippen LogP contribution in [0.3, 0.4) is 0 Å². The van der Waals surface area contributed by atoms with E-state index >= 15 is 0 Å². The SMILES string of the molecule is CC/C=C\C/C=C\C/C=C\C/C=C\CCCCCCCCCCCCCCCCCCCCCCCCCCC(=O)OC(COC(=O)CCCCCCCCCCCCCCCCCCCCCCCC)COC(OCC[N+](C)(C)C)C(=O)[O-]. The number of rotatable bonds is 68. The van der Waals surface area contributed by atoms with E-state index in [1.807, 2.05) is 21.1 Å². The molecule has 0 aromatic heterocycles. The normalized spacial score (nSPS) is 12.9. The lowest BCUT2D eigenvalue weighted by atomic mass is 10.0. The standard InChI is InChI=1S/C75H139NO8/c1-6-8-10-12-14-16-18-20-22-24-26-28-30-31-32-33-34-35-36-37-38-39-40-41-42-43-44-46-48-50-52-54-56-58-60-62-64-66-73(78)84-71(70-83-75(74(79)80)81-68-67-76(3,4)5)69-82-72(77)65-63-61-59-57-55-53-51-49-47-45-29-27-25-23-21-19-17-15-13-11-9-7-2/h8,10,14,16,20,22,26,28,71,75H,6-7,9,11-13,15,17-19,21,23-25,27,29-70H2,1-5H3/b10-8-,16-14-,22-20-,28-26-. The molecule has 0 spiro atoms. The first-order valence-corrected chi connectivity index (χ1v) is 36.3. The zero-order valence-corrected chi connectivity index (χ0v) is 56.3. The maximum absolute atomic E-state index is 12.9. The summed E-state index contributed by atoms with van der Waals surface area (Å²) in [5.41, 5.74) is 0. The molecule has 0 rings (SSSR count). The second-order valence-corrected chi connectivity index (χ2v) is 25.9. The number of ether oxygens (including phenoxy) is 4. The molecule has 0 fully saturated rings. The molecule has 0 aliphatic heterocycles. The van der Waals surface area contributed by atoms with E-state index in [1.54, 1.807) is 0 Å². The Morgan fingerprint density at radius 2 is 0.679 bits per heavy atom. The van der Waals surface area contributed by atoms with Crippen molar-refractivity contribution in [3.05, 3.63) is 48.6 Å². The Balaban J connectivity index is 3.99. The number of carboxylic acid groups (broad SMARTS) is 1. The molecule has 84 heavy (non-hydrogen) atoms. The third-order valence-electron chi connectivity index (χ3n) is 16.3. The molecule has 0 N–H and O–H groups in total. The lowest BCUT2D eigenvalue weighted by molar-refractivity contribution is -0.870. The molecular formula is C75H139NO8. The summed E-state index contributed by atoms with van der Waals surface area (Å²) in [4.78, 5) is 37.5. The van der Waals surface area contributed by atoms with E-state index in [1.165, 1.54) is 263 Å². The summed E-state index contributed by atoms with van der Waals surface area (Å²) in [6, 6.07) is 0. The minimum atomic E-state index is -1.62. The largest absolute Gasteiger partial charge is 0.545 e. The molecule has 0 aliphatic carbocycles. The molecule has 2 atom stereocenters. The van der Waals surface area contributed by atoms with E-state index in [9.17, 15) is 19.5 Å². The smallest absolute Gasteiger partial charge is 0.306 e. The molecule has 0 radical (unpaired) electrons. The van der Waals surface area contributed by atoms with Crippen LogP contribution in [0.25, 0.3) is 0 Å². The number of aliphatic carboxylic acids is 1. The van der Waals surface area contributed by atoms with Gasteiger partial charge in [0.15, 0.2) is 12.4 Å². The number of carbonyl (C=O) groups excluding carboxylic acids is 3. The number of hydrogen-bond acceptors (Lipinski definition) is 8. The van der Waals surface area contributed by atoms with Crippen LogP contribution in [0.1, 0.15) is 354 Å². The highest BCUT2D eigenvalue weighted by molar-refractivity contribution is 5.70. The van der Waals surface area contributed by atoms with Crippen molar-refractivity contribution in [3.8, 4) is 0 Å². The molecule has 2 unspecified atom stereocenters. The van der Waals surface area contributed by atoms with Crippen molar-refractivity contribution in [3.63, 3.8) is 0 Å². The average molecular weight is 1180 g/mol. The Morgan fingerprint density at radius 1 is 0.369 bits per heavy atom. The molecule has 9 heteroatoms. The highest BCUT2D eigenvalue weighted by Crippen LogP contribution is 2.19. The highest BCUT2D eigenvalue weighted by atomic mass is 16.7. The van der Waals surface area contributed by atoms with Crippen LogP contribution in [0, 0.1) is 0 Å². The van der Waals surface area contributed by atoms with Gasteiger partial charge in [0.2, 0.25) is 0 Å². The van der Waals surface area contributed by atoms with Crippen LogP contribution in [-0.4, -0.2) is 82.3 Å². The van der Waals surface area contributed by atoms with Crippen LogP contribution in [0.15, 0.2) is 48.6 Å². The van der Waals surface area contributed by atoms with Crippen molar-refractivity contribution in [1.82, 2.24) is 0 Å². The Kier molecular flexibility index (Phi) is 64.0. The molecule has 0 aliphatic rings. The van der Waals surface area contributed by atoms with Gasteiger partial charge >= 0.3 is 11.9 Å². The number of allylic oxidation sites excluding steroid dienone is 8. The maximum atomic E-state index is 12.9. The monoisotopic (exact) mass is 1180 g/mol. The van der Waals surface area contributed by atoms with Gasteiger partial charge in [-0.25, -0.2) is 0 Å². The van der Waals surface area contributed by atoms with Gasteiger partial charge in [-0.05, 0) is 51.4 Å². The summed E-state index contributed by atoms with van der Waals surface area (Å²) < 4.78 is 22.8. The lowest BCUT2D eigenvalue weighted by Gasteiger charge is -2.26. The van der Waals surface area contributed by atoms with Crippen LogP contribution in [0.2, 0.25) is 0 Å². The number of quaternary nitrogens is 1. The number of likely N-dealkylation sites (N-methyl/N-ethyl adjacent to an activating group) is 1. The van der Waals surface area contributed by atoms with Gasteiger partial charge < -0.3 is 33.3 Å². The number of unbranched alkanes of at least 4 members (excludes halogenated alkanes) is 45. The fourth-order valence-electron chi connectivity index (χ4n) is 10.8. The maximum Gasteiger partial charge on any atom is 0.306 e. The van der Waals surface area contributed by atoms with E-state index in [0.717, 1.165) is 64.2 Å². The van der Waals surface area contributed by atoms with Crippen molar-refractivity contribution in [2.24, 2.45) is 0 Å². The molecule has 0 saturated carbocycles. The number of esters is 2. The van der Waals surface area contributed by atoms with Crippen molar-refractivity contribution in [2.45, 2.75) is 367 Å². The summed E-state index contributed by atoms with van der Waals surface area (Å²) >= 11 is 0. The van der Waals surface area contributed by atoms with Crippen molar-refractivity contribution >= 4 is 17.9 Å². The third kappa shape index (κ3) is 66.8. The van der Waals surface area contributed by atoms with E-state index in [4.69, 9.17) is 18.9 Å². The van der Waals surface area contributed by atoms with Gasteiger partial charge in [0.1, 0.15) is 13.2 Å². The minimum Gasteiger partial charge on any atom is -0.545 e. The van der Waals surface area contributed by atoms with Gasteiger partial charge in [-0.15, -0.1) is 0 Å². The number of nitrogens with zero attached hydrogens (tertiary/aromatic N) is 1. The molecule has 0 amide bonds. The van der Waals surface area contributed by atoms with Crippen LogP contribution >= 0.6 is 0 Å². The second-order valence-electron chi connectivity index (χ2n) is 25.9. The first kappa shape index (κ1) is 81.2. The Morgan fingerprint density at radius 3 is 1.01 bits per heavy atom. The zero-order valence-electron chi connectivity index (χ0n) is 56.3. The number of hydrogen-bond donors (Lipinski definition) is 0.